The summed E-state index contributed by atoms with van der Waals surface area (Å²) in [6.07, 6.45) is 0. The minimum Gasteiger partial charge on any atom is -0.497 e. The Balaban J connectivity index is 2.19. The molecule has 1 aromatic heterocycles. The van der Waals surface area contributed by atoms with Crippen molar-refractivity contribution in [1.29, 1.82) is 0 Å². The quantitative estimate of drug-likeness (QED) is 0.816. The molecule has 0 unspecified atom stereocenters. The lowest BCUT2D eigenvalue weighted by molar-refractivity contribution is 0.414. The van der Waals surface area contributed by atoms with Gasteiger partial charge in [0, 0.05) is 0 Å². The Kier molecular flexibility index (Phi) is 4.21. The lowest BCUT2D eigenvalue weighted by atomic mass is 10.3. The highest BCUT2D eigenvalue weighted by molar-refractivity contribution is 7.89. The summed E-state index contributed by atoms with van der Waals surface area (Å²) < 4.78 is 36.8. The molecule has 0 aliphatic heterocycles. The van der Waals surface area contributed by atoms with Crippen molar-refractivity contribution >= 4 is 22.2 Å². The lowest BCUT2D eigenvalue weighted by Gasteiger charge is -2.11. The summed E-state index contributed by atoms with van der Waals surface area (Å²) in [5, 5.41) is 6.22. The van der Waals surface area contributed by atoms with E-state index in [2.05, 4.69) is 14.9 Å². The van der Waals surface area contributed by atoms with Crippen LogP contribution in [0.1, 0.15) is 18.9 Å². The fourth-order valence-corrected chi connectivity index (χ4v) is 2.86. The highest BCUT2D eigenvalue weighted by Gasteiger charge is 2.21. The van der Waals surface area contributed by atoms with Gasteiger partial charge >= 0.3 is 0 Å². The van der Waals surface area contributed by atoms with Crippen molar-refractivity contribution in [3.05, 3.63) is 35.0 Å². The van der Waals surface area contributed by atoms with Crippen LogP contribution in [0.15, 0.2) is 33.6 Å². The zero-order chi connectivity index (χ0) is 14.8. The van der Waals surface area contributed by atoms with Crippen LogP contribution in [0.25, 0.3) is 0 Å². The zero-order valence-corrected chi connectivity index (χ0v) is 12.4. The highest BCUT2D eigenvalue weighted by Crippen LogP contribution is 2.18. The van der Waals surface area contributed by atoms with Gasteiger partial charge in [-0.15, -0.1) is 5.10 Å². The molecule has 0 fully saturated rings. The van der Waals surface area contributed by atoms with E-state index in [1.807, 2.05) is 0 Å². The molecule has 9 heteroatoms. The second kappa shape index (κ2) is 5.73. The standard InChI is InChI=1S/C11H13N3O4S2/c1-7(10-12-13-11(19)18-10)14-20(15,16)9-5-3-8(17-2)4-6-9/h3-7,14H,1-2H3,(H,13,19)/t7-/m1/s1. The maximum absolute atomic E-state index is 12.2. The van der Waals surface area contributed by atoms with E-state index in [0.29, 0.717) is 5.75 Å². The molecule has 2 rings (SSSR count). The van der Waals surface area contributed by atoms with E-state index in [9.17, 15) is 8.42 Å². The molecule has 1 aromatic carbocycles. The minimum atomic E-state index is -3.68. The monoisotopic (exact) mass is 315 g/mol. The van der Waals surface area contributed by atoms with Gasteiger partial charge in [0.15, 0.2) is 0 Å². The molecule has 2 N–H and O–H groups in total. The average Bonchev–Trinajstić information content (AvgIpc) is 2.85. The van der Waals surface area contributed by atoms with Crippen LogP contribution in [0.4, 0.5) is 0 Å². The van der Waals surface area contributed by atoms with Gasteiger partial charge in [-0.3, -0.25) is 0 Å². The molecule has 0 bridgehead atoms. The molecule has 1 atom stereocenters. The molecular formula is C11H13N3O4S2. The Morgan fingerprint density at radius 1 is 1.40 bits per heavy atom. The SMILES string of the molecule is COc1ccc(S(=O)(=O)N[C@H](C)c2n[nH]c(=S)o2)cc1. The molecule has 2 aromatic rings. The van der Waals surface area contributed by atoms with Crippen LogP contribution in [0.3, 0.4) is 0 Å². The van der Waals surface area contributed by atoms with Crippen molar-refractivity contribution in [3.63, 3.8) is 0 Å². The first-order valence-electron chi connectivity index (χ1n) is 5.64. The van der Waals surface area contributed by atoms with Crippen LogP contribution in [0.5, 0.6) is 5.75 Å². The zero-order valence-electron chi connectivity index (χ0n) is 10.8. The topological polar surface area (TPSA) is 97.2 Å². The third-order valence-corrected chi connectivity index (χ3v) is 4.26. The van der Waals surface area contributed by atoms with Gasteiger partial charge in [-0.05, 0) is 43.4 Å². The summed E-state index contributed by atoms with van der Waals surface area (Å²) in [7, 11) is -2.17. The van der Waals surface area contributed by atoms with Gasteiger partial charge in [0.2, 0.25) is 15.9 Å². The van der Waals surface area contributed by atoms with Gasteiger partial charge in [0.25, 0.3) is 4.84 Å². The number of ether oxygens (including phenoxy) is 1. The molecule has 0 saturated carbocycles. The number of H-pyrrole nitrogens is 1. The molecular weight excluding hydrogens is 302 g/mol. The number of nitrogens with zero attached hydrogens (tertiary/aromatic N) is 1. The van der Waals surface area contributed by atoms with Crippen molar-refractivity contribution in [2.45, 2.75) is 17.9 Å². The van der Waals surface area contributed by atoms with E-state index in [0.717, 1.165) is 0 Å². The predicted octanol–water partition coefficient (Wildman–Crippen LogP) is 1.78. The summed E-state index contributed by atoms with van der Waals surface area (Å²) in [4.78, 5) is 0.217. The lowest BCUT2D eigenvalue weighted by Crippen LogP contribution is -2.27. The van der Waals surface area contributed by atoms with Crippen LogP contribution >= 0.6 is 12.2 Å². The maximum atomic E-state index is 12.2. The van der Waals surface area contributed by atoms with E-state index in [4.69, 9.17) is 21.4 Å². The Morgan fingerprint density at radius 3 is 2.55 bits per heavy atom. The smallest absolute Gasteiger partial charge is 0.284 e. The number of sulfonamides is 1. The molecule has 108 valence electrons. The first kappa shape index (κ1) is 14.7. The number of aromatic amines is 1. The van der Waals surface area contributed by atoms with Gasteiger partial charge in [-0.25, -0.2) is 13.5 Å². The van der Waals surface area contributed by atoms with E-state index in [-0.39, 0.29) is 15.6 Å². The molecule has 0 aliphatic carbocycles. The summed E-state index contributed by atoms with van der Waals surface area (Å²) in [5.74, 6) is 0.752. The molecule has 7 nitrogen and oxygen atoms in total. The van der Waals surface area contributed by atoms with Gasteiger partial charge in [-0.1, -0.05) is 0 Å². The van der Waals surface area contributed by atoms with Crippen molar-refractivity contribution in [2.24, 2.45) is 0 Å². The van der Waals surface area contributed by atoms with Crippen LogP contribution in [-0.2, 0) is 10.0 Å². The Labute approximate surface area is 121 Å². The van der Waals surface area contributed by atoms with E-state index in [1.165, 1.54) is 19.2 Å². The number of hydrogen-bond acceptors (Lipinski definition) is 6. The van der Waals surface area contributed by atoms with E-state index < -0.39 is 16.1 Å². The molecule has 20 heavy (non-hydrogen) atoms. The molecule has 0 radical (unpaired) electrons. The number of benzene rings is 1. The second-order valence-electron chi connectivity index (χ2n) is 3.97. The first-order chi connectivity index (χ1) is 9.42. The van der Waals surface area contributed by atoms with Crippen molar-refractivity contribution in [3.8, 4) is 5.75 Å². The van der Waals surface area contributed by atoms with Gasteiger partial charge in [0.05, 0.1) is 18.0 Å². The Morgan fingerprint density at radius 2 is 2.05 bits per heavy atom. The van der Waals surface area contributed by atoms with Crippen molar-refractivity contribution < 1.29 is 17.6 Å². The molecule has 0 aliphatic rings. The number of aromatic nitrogens is 2. The fourth-order valence-electron chi connectivity index (χ4n) is 1.53. The van der Waals surface area contributed by atoms with Crippen LogP contribution in [0.2, 0.25) is 0 Å². The maximum Gasteiger partial charge on any atom is 0.284 e. The largest absolute Gasteiger partial charge is 0.497 e. The number of methoxy groups -OCH3 is 1. The van der Waals surface area contributed by atoms with Crippen LogP contribution in [-0.4, -0.2) is 25.7 Å². The fraction of sp³-hybridized carbons (Fsp3) is 0.273. The molecule has 0 saturated heterocycles. The first-order valence-corrected chi connectivity index (χ1v) is 7.53. The Bertz CT molecular complexity index is 734. The van der Waals surface area contributed by atoms with Gasteiger partial charge in [-0.2, -0.15) is 4.72 Å². The summed E-state index contributed by atoms with van der Waals surface area (Å²) in [6.45, 7) is 1.61. The minimum absolute atomic E-state index is 0.0931. The third kappa shape index (κ3) is 3.24. The van der Waals surface area contributed by atoms with Gasteiger partial charge in [0.1, 0.15) is 5.75 Å². The number of rotatable bonds is 5. The van der Waals surface area contributed by atoms with E-state index >= 15 is 0 Å². The summed E-state index contributed by atoms with van der Waals surface area (Å²) >= 11 is 4.74. The molecule has 0 amide bonds. The molecule has 1 heterocycles. The van der Waals surface area contributed by atoms with Crippen molar-refractivity contribution in [1.82, 2.24) is 14.9 Å². The summed E-state index contributed by atoms with van der Waals surface area (Å²) in [6, 6.07) is 5.40. The highest BCUT2D eigenvalue weighted by atomic mass is 32.2. The third-order valence-electron chi connectivity index (χ3n) is 2.53. The van der Waals surface area contributed by atoms with Gasteiger partial charge < -0.3 is 9.15 Å². The van der Waals surface area contributed by atoms with Crippen LogP contribution < -0.4 is 9.46 Å². The predicted molar refractivity (Wildman–Crippen MR) is 73.4 cm³/mol. The Hall–Kier alpha value is -1.71. The number of hydrogen-bond donors (Lipinski definition) is 2. The average molecular weight is 315 g/mol. The summed E-state index contributed by atoms with van der Waals surface area (Å²) in [5.41, 5.74) is 0. The number of nitrogens with one attached hydrogen (secondary N) is 2. The van der Waals surface area contributed by atoms with Crippen LogP contribution in [0, 0.1) is 4.84 Å². The normalized spacial score (nSPS) is 13.1. The van der Waals surface area contributed by atoms with Crippen molar-refractivity contribution in [2.75, 3.05) is 7.11 Å². The molecule has 0 spiro atoms. The van der Waals surface area contributed by atoms with E-state index in [1.54, 1.807) is 19.1 Å². The second-order valence-corrected chi connectivity index (χ2v) is 6.05.